The Morgan fingerprint density at radius 1 is 1.14 bits per heavy atom. The summed E-state index contributed by atoms with van der Waals surface area (Å²) in [6.07, 6.45) is 4.72. The van der Waals surface area contributed by atoms with Gasteiger partial charge in [0.2, 0.25) is 0 Å². The summed E-state index contributed by atoms with van der Waals surface area (Å²) in [4.78, 5) is 8.59. The molecule has 14 heavy (non-hydrogen) atoms. The first-order valence-corrected chi connectivity index (χ1v) is 4.67. The van der Waals surface area contributed by atoms with Crippen molar-refractivity contribution in [2.24, 2.45) is 0 Å². The third-order valence-electron chi connectivity index (χ3n) is 2.09. The molecular weight excluding hydrogens is 172 g/mol. The van der Waals surface area contributed by atoms with Crippen LogP contribution < -0.4 is 0 Å². The molecule has 0 aliphatic carbocycles. The van der Waals surface area contributed by atoms with Gasteiger partial charge in [-0.2, -0.15) is 0 Å². The third kappa shape index (κ3) is 1.79. The minimum absolute atomic E-state index is 0.774. The molecule has 2 nitrogen and oxygen atoms in total. The van der Waals surface area contributed by atoms with Crippen molar-refractivity contribution in [3.8, 4) is 11.4 Å². The van der Waals surface area contributed by atoms with Crippen molar-refractivity contribution < 1.29 is 0 Å². The molecule has 2 aromatic rings. The first-order chi connectivity index (χ1) is 6.90. The summed E-state index contributed by atoms with van der Waals surface area (Å²) in [5.74, 6) is 0.774. The SMILES string of the molecule is CCc1cnc(-c2cc[c]cc2)nc1. The number of rotatable bonds is 2. The molecule has 1 aromatic heterocycles. The highest BCUT2D eigenvalue weighted by Gasteiger charge is 1.98. The fourth-order valence-corrected chi connectivity index (χ4v) is 1.22. The normalized spacial score (nSPS) is 10.1. The van der Waals surface area contributed by atoms with Gasteiger partial charge in [0.05, 0.1) is 0 Å². The van der Waals surface area contributed by atoms with Crippen molar-refractivity contribution in [2.45, 2.75) is 13.3 Å². The minimum Gasteiger partial charge on any atom is -0.236 e. The Bertz CT molecular complexity index is 392. The highest BCUT2D eigenvalue weighted by atomic mass is 14.9. The first-order valence-electron chi connectivity index (χ1n) is 4.67. The van der Waals surface area contributed by atoms with Gasteiger partial charge in [-0.05, 0) is 18.1 Å². The van der Waals surface area contributed by atoms with Gasteiger partial charge < -0.3 is 0 Å². The van der Waals surface area contributed by atoms with Crippen molar-refractivity contribution >= 4 is 0 Å². The lowest BCUT2D eigenvalue weighted by Gasteiger charge is -1.99. The predicted octanol–water partition coefficient (Wildman–Crippen LogP) is 2.51. The van der Waals surface area contributed by atoms with E-state index in [1.807, 2.05) is 36.7 Å². The second-order valence-electron chi connectivity index (χ2n) is 3.06. The molecule has 0 saturated heterocycles. The monoisotopic (exact) mass is 183 g/mol. The molecule has 0 amide bonds. The number of hydrogen-bond acceptors (Lipinski definition) is 2. The van der Waals surface area contributed by atoms with E-state index >= 15 is 0 Å². The van der Waals surface area contributed by atoms with E-state index < -0.39 is 0 Å². The summed E-state index contributed by atoms with van der Waals surface area (Å²) in [5.41, 5.74) is 2.20. The predicted molar refractivity (Wildman–Crippen MR) is 55.7 cm³/mol. The topological polar surface area (TPSA) is 25.8 Å². The third-order valence-corrected chi connectivity index (χ3v) is 2.09. The van der Waals surface area contributed by atoms with Crippen LogP contribution in [0.3, 0.4) is 0 Å². The molecule has 69 valence electrons. The van der Waals surface area contributed by atoms with Crippen molar-refractivity contribution in [3.05, 3.63) is 48.3 Å². The Morgan fingerprint density at radius 2 is 1.79 bits per heavy atom. The fraction of sp³-hybridized carbons (Fsp3) is 0.167. The van der Waals surface area contributed by atoms with Crippen molar-refractivity contribution in [1.82, 2.24) is 9.97 Å². The van der Waals surface area contributed by atoms with Crippen LogP contribution in [0.5, 0.6) is 0 Å². The molecule has 0 unspecified atom stereocenters. The van der Waals surface area contributed by atoms with Gasteiger partial charge in [0.1, 0.15) is 0 Å². The summed E-state index contributed by atoms with van der Waals surface area (Å²) >= 11 is 0. The highest BCUT2D eigenvalue weighted by molar-refractivity contribution is 5.53. The van der Waals surface area contributed by atoms with Gasteiger partial charge in [0, 0.05) is 18.0 Å². The summed E-state index contributed by atoms with van der Waals surface area (Å²) < 4.78 is 0. The molecule has 0 atom stereocenters. The van der Waals surface area contributed by atoms with Crippen LogP contribution in [-0.2, 0) is 6.42 Å². The van der Waals surface area contributed by atoms with Gasteiger partial charge in [0.15, 0.2) is 5.82 Å². The molecule has 2 rings (SSSR count). The molecule has 0 bridgehead atoms. The van der Waals surface area contributed by atoms with E-state index in [2.05, 4.69) is 23.0 Å². The number of nitrogens with zero attached hydrogens (tertiary/aromatic N) is 2. The number of aryl methyl sites for hydroxylation is 1. The molecule has 1 aromatic carbocycles. The van der Waals surface area contributed by atoms with Gasteiger partial charge in [-0.3, -0.25) is 0 Å². The fourth-order valence-electron chi connectivity index (χ4n) is 1.22. The largest absolute Gasteiger partial charge is 0.236 e. The molecule has 0 N–H and O–H groups in total. The summed E-state index contributed by atoms with van der Waals surface area (Å²) in [7, 11) is 0. The summed E-state index contributed by atoms with van der Waals surface area (Å²) in [5, 5.41) is 0. The molecule has 0 aliphatic rings. The highest BCUT2D eigenvalue weighted by Crippen LogP contribution is 2.12. The van der Waals surface area contributed by atoms with E-state index in [1.54, 1.807) is 0 Å². The van der Waals surface area contributed by atoms with Gasteiger partial charge >= 0.3 is 0 Å². The maximum atomic E-state index is 4.29. The zero-order chi connectivity index (χ0) is 9.80. The van der Waals surface area contributed by atoms with Crippen molar-refractivity contribution in [1.29, 1.82) is 0 Å². The molecule has 0 spiro atoms. The van der Waals surface area contributed by atoms with E-state index in [9.17, 15) is 0 Å². The van der Waals surface area contributed by atoms with E-state index in [0.717, 1.165) is 23.4 Å². The quantitative estimate of drug-likeness (QED) is 0.715. The molecular formula is C12H11N2. The number of hydrogen-bond donors (Lipinski definition) is 0. The van der Waals surface area contributed by atoms with Crippen LogP contribution >= 0.6 is 0 Å². The lowest BCUT2D eigenvalue weighted by atomic mass is 10.2. The van der Waals surface area contributed by atoms with E-state index in [-0.39, 0.29) is 0 Å². The van der Waals surface area contributed by atoms with Crippen molar-refractivity contribution in [2.75, 3.05) is 0 Å². The molecule has 0 saturated carbocycles. The van der Waals surface area contributed by atoms with Crippen LogP contribution in [0, 0.1) is 6.07 Å². The van der Waals surface area contributed by atoms with Crippen LogP contribution in [-0.4, -0.2) is 9.97 Å². The Morgan fingerprint density at radius 3 is 2.36 bits per heavy atom. The van der Waals surface area contributed by atoms with Crippen LogP contribution in [0.25, 0.3) is 11.4 Å². The Balaban J connectivity index is 2.34. The maximum Gasteiger partial charge on any atom is 0.159 e. The Kier molecular flexibility index (Phi) is 2.54. The minimum atomic E-state index is 0.774. The summed E-state index contributed by atoms with van der Waals surface area (Å²) in [6.45, 7) is 2.09. The molecule has 1 heterocycles. The van der Waals surface area contributed by atoms with Crippen LogP contribution in [0.2, 0.25) is 0 Å². The van der Waals surface area contributed by atoms with Gasteiger partial charge in [-0.15, -0.1) is 0 Å². The number of benzene rings is 1. The van der Waals surface area contributed by atoms with E-state index in [4.69, 9.17) is 0 Å². The smallest absolute Gasteiger partial charge is 0.159 e. The van der Waals surface area contributed by atoms with Crippen LogP contribution in [0.1, 0.15) is 12.5 Å². The lowest BCUT2D eigenvalue weighted by Crippen LogP contribution is -1.90. The molecule has 2 heteroatoms. The zero-order valence-corrected chi connectivity index (χ0v) is 8.07. The molecule has 0 aliphatic heterocycles. The van der Waals surface area contributed by atoms with E-state index in [1.165, 1.54) is 0 Å². The average Bonchev–Trinajstić information content (AvgIpc) is 2.30. The zero-order valence-electron chi connectivity index (χ0n) is 8.07. The second-order valence-corrected chi connectivity index (χ2v) is 3.06. The molecule has 1 radical (unpaired) electrons. The van der Waals surface area contributed by atoms with Crippen molar-refractivity contribution in [3.63, 3.8) is 0 Å². The standard InChI is InChI=1S/C12H11N2/c1-2-10-8-13-12(14-9-10)11-6-4-3-5-7-11/h4-9H,2H2,1H3. The first kappa shape index (κ1) is 8.88. The van der Waals surface area contributed by atoms with Gasteiger partial charge in [-0.1, -0.05) is 31.2 Å². The Hall–Kier alpha value is -1.70. The Labute approximate surface area is 83.7 Å². The average molecular weight is 183 g/mol. The van der Waals surface area contributed by atoms with Gasteiger partial charge in [0.25, 0.3) is 0 Å². The summed E-state index contributed by atoms with van der Waals surface area (Å²) in [6, 6.07) is 10.6. The number of aromatic nitrogens is 2. The van der Waals surface area contributed by atoms with Crippen LogP contribution in [0.4, 0.5) is 0 Å². The van der Waals surface area contributed by atoms with Crippen LogP contribution in [0.15, 0.2) is 36.7 Å². The second kappa shape index (κ2) is 4.01. The lowest BCUT2D eigenvalue weighted by molar-refractivity contribution is 1.05. The van der Waals surface area contributed by atoms with E-state index in [0.29, 0.717) is 0 Å². The van der Waals surface area contributed by atoms with Gasteiger partial charge in [-0.25, -0.2) is 9.97 Å². The molecule has 0 fully saturated rings. The maximum absolute atomic E-state index is 4.29.